The van der Waals surface area contributed by atoms with Gasteiger partial charge in [0.2, 0.25) is 10.0 Å². The molecule has 0 fully saturated rings. The van der Waals surface area contributed by atoms with E-state index in [9.17, 15) is 13.5 Å². The third-order valence-electron chi connectivity index (χ3n) is 2.80. The first kappa shape index (κ1) is 16.0. The molecule has 1 aromatic rings. The molecule has 0 aliphatic heterocycles. The number of rotatable bonds is 5. The van der Waals surface area contributed by atoms with Crippen molar-refractivity contribution in [2.45, 2.75) is 40.2 Å². The van der Waals surface area contributed by atoms with Gasteiger partial charge in [-0.15, -0.1) is 0 Å². The Balaban J connectivity index is 2.84. The minimum Gasteiger partial charge on any atom is -0.389 e. The van der Waals surface area contributed by atoms with Gasteiger partial charge in [-0.05, 0) is 24.8 Å². The number of para-hydroxylation sites is 1. The van der Waals surface area contributed by atoms with Gasteiger partial charge in [0, 0.05) is 5.56 Å². The lowest BCUT2D eigenvalue weighted by Gasteiger charge is -2.19. The summed E-state index contributed by atoms with van der Waals surface area (Å²) in [5.41, 5.74) is 1.01. The first-order chi connectivity index (χ1) is 8.61. The van der Waals surface area contributed by atoms with Crippen LogP contribution in [-0.4, -0.2) is 19.3 Å². The lowest BCUT2D eigenvalue weighted by atomic mass is 9.94. The van der Waals surface area contributed by atoms with E-state index in [4.69, 9.17) is 0 Å². The fourth-order valence-corrected chi connectivity index (χ4v) is 3.12. The van der Waals surface area contributed by atoms with E-state index < -0.39 is 16.1 Å². The Hall–Kier alpha value is -1.07. The summed E-state index contributed by atoms with van der Waals surface area (Å²) < 4.78 is 26.6. The molecule has 0 heterocycles. The third-order valence-corrected chi connectivity index (χ3v) is 4.07. The third kappa shape index (κ3) is 5.61. The van der Waals surface area contributed by atoms with Gasteiger partial charge >= 0.3 is 0 Å². The van der Waals surface area contributed by atoms with Gasteiger partial charge in [-0.3, -0.25) is 4.72 Å². The molecule has 2 N–H and O–H groups in total. The van der Waals surface area contributed by atoms with Crippen molar-refractivity contribution >= 4 is 15.7 Å². The number of aliphatic hydroxyl groups is 1. The van der Waals surface area contributed by atoms with Gasteiger partial charge in [-0.1, -0.05) is 39.0 Å². The summed E-state index contributed by atoms with van der Waals surface area (Å²) in [6, 6.07) is 6.89. The van der Waals surface area contributed by atoms with Crippen LogP contribution in [0.1, 0.15) is 45.8 Å². The van der Waals surface area contributed by atoms with Crippen molar-refractivity contribution in [2.75, 3.05) is 10.5 Å². The van der Waals surface area contributed by atoms with Crippen LogP contribution in [0.3, 0.4) is 0 Å². The Kier molecular flexibility index (Phi) is 4.98. The van der Waals surface area contributed by atoms with Gasteiger partial charge in [-0.2, -0.15) is 0 Å². The minimum absolute atomic E-state index is 0.0292. The van der Waals surface area contributed by atoms with Crippen molar-refractivity contribution in [1.82, 2.24) is 0 Å². The average molecular weight is 285 g/mol. The van der Waals surface area contributed by atoms with Crippen molar-refractivity contribution in [3.05, 3.63) is 29.8 Å². The second-order valence-electron chi connectivity index (χ2n) is 5.99. The van der Waals surface area contributed by atoms with Crippen LogP contribution in [0.5, 0.6) is 0 Å². The van der Waals surface area contributed by atoms with Crippen molar-refractivity contribution < 1.29 is 13.5 Å². The molecule has 0 aromatic heterocycles. The number of sulfonamides is 1. The lowest BCUT2D eigenvalue weighted by Crippen LogP contribution is -2.21. The highest BCUT2D eigenvalue weighted by Crippen LogP contribution is 2.24. The Morgan fingerprint density at radius 3 is 2.37 bits per heavy atom. The summed E-state index contributed by atoms with van der Waals surface area (Å²) in [6.45, 7) is 7.63. The topological polar surface area (TPSA) is 66.4 Å². The maximum absolute atomic E-state index is 12.0. The Morgan fingerprint density at radius 2 is 1.84 bits per heavy atom. The van der Waals surface area contributed by atoms with Gasteiger partial charge in [0.05, 0.1) is 17.5 Å². The Labute approximate surface area is 115 Å². The summed E-state index contributed by atoms with van der Waals surface area (Å²) in [4.78, 5) is 0. The fourth-order valence-electron chi connectivity index (χ4n) is 1.61. The molecule has 0 aliphatic carbocycles. The quantitative estimate of drug-likeness (QED) is 0.874. The standard InChI is InChI=1S/C14H23NO3S/c1-11(16)12-7-5-6-8-13(12)15-19(17,18)10-9-14(2,3)4/h5-8,11,15-16H,9-10H2,1-4H3. The summed E-state index contributed by atoms with van der Waals surface area (Å²) >= 11 is 0. The number of aliphatic hydroxyl groups excluding tert-OH is 1. The van der Waals surface area contributed by atoms with Gasteiger partial charge in [-0.25, -0.2) is 8.42 Å². The number of nitrogens with one attached hydrogen (secondary N) is 1. The molecule has 19 heavy (non-hydrogen) atoms. The second kappa shape index (κ2) is 5.92. The van der Waals surface area contributed by atoms with E-state index in [1.807, 2.05) is 20.8 Å². The molecule has 0 radical (unpaired) electrons. The molecule has 1 rings (SSSR count). The number of anilines is 1. The largest absolute Gasteiger partial charge is 0.389 e. The van der Waals surface area contributed by atoms with Crippen molar-refractivity contribution in [3.8, 4) is 0 Å². The number of hydrogen-bond donors (Lipinski definition) is 2. The normalized spacial score (nSPS) is 14.2. The molecule has 0 saturated heterocycles. The molecular weight excluding hydrogens is 262 g/mol. The molecule has 4 nitrogen and oxygen atoms in total. The van der Waals surface area contributed by atoms with Gasteiger partial charge in [0.1, 0.15) is 0 Å². The molecule has 0 amide bonds. The highest BCUT2D eigenvalue weighted by molar-refractivity contribution is 7.92. The zero-order valence-corrected chi connectivity index (χ0v) is 12.8. The van der Waals surface area contributed by atoms with Gasteiger partial charge < -0.3 is 5.11 Å². The fraction of sp³-hybridized carbons (Fsp3) is 0.571. The predicted octanol–water partition coefficient (Wildman–Crippen LogP) is 2.92. The van der Waals surface area contributed by atoms with Crippen LogP contribution in [0, 0.1) is 5.41 Å². The molecular formula is C14H23NO3S. The summed E-state index contributed by atoms with van der Waals surface area (Å²) in [6.07, 6.45) is -0.124. The van der Waals surface area contributed by atoms with E-state index in [2.05, 4.69) is 4.72 Å². The van der Waals surface area contributed by atoms with Crippen LogP contribution >= 0.6 is 0 Å². The highest BCUT2D eigenvalue weighted by Gasteiger charge is 2.19. The van der Waals surface area contributed by atoms with Crippen molar-refractivity contribution in [1.29, 1.82) is 0 Å². The molecule has 5 heteroatoms. The van der Waals surface area contributed by atoms with Gasteiger partial charge in [0.15, 0.2) is 0 Å². The average Bonchev–Trinajstić information content (AvgIpc) is 2.26. The van der Waals surface area contributed by atoms with Gasteiger partial charge in [0.25, 0.3) is 0 Å². The van der Waals surface area contributed by atoms with Crippen LogP contribution in [0.2, 0.25) is 0 Å². The smallest absolute Gasteiger partial charge is 0.232 e. The van der Waals surface area contributed by atoms with E-state index in [1.165, 1.54) is 0 Å². The molecule has 0 bridgehead atoms. The molecule has 1 aromatic carbocycles. The monoisotopic (exact) mass is 285 g/mol. The van der Waals surface area contributed by atoms with Crippen LogP contribution in [0.25, 0.3) is 0 Å². The highest BCUT2D eigenvalue weighted by atomic mass is 32.2. The first-order valence-electron chi connectivity index (χ1n) is 6.38. The molecule has 1 atom stereocenters. The maximum atomic E-state index is 12.0. The number of benzene rings is 1. The summed E-state index contributed by atoms with van der Waals surface area (Å²) in [5.74, 6) is 0.0741. The Morgan fingerprint density at radius 1 is 1.26 bits per heavy atom. The molecule has 0 aliphatic rings. The van der Waals surface area contributed by atoms with Crippen molar-refractivity contribution in [2.24, 2.45) is 5.41 Å². The summed E-state index contributed by atoms with van der Waals surface area (Å²) in [5, 5.41) is 9.63. The zero-order chi connectivity index (χ0) is 14.7. The lowest BCUT2D eigenvalue weighted by molar-refractivity contribution is 0.200. The summed E-state index contributed by atoms with van der Waals surface area (Å²) in [7, 11) is -3.38. The zero-order valence-electron chi connectivity index (χ0n) is 12.0. The van der Waals surface area contributed by atoms with E-state index in [-0.39, 0.29) is 11.2 Å². The molecule has 0 saturated carbocycles. The van der Waals surface area contributed by atoms with Crippen LogP contribution in [0.4, 0.5) is 5.69 Å². The predicted molar refractivity (Wildman–Crippen MR) is 78.6 cm³/mol. The van der Waals surface area contributed by atoms with Crippen LogP contribution in [-0.2, 0) is 10.0 Å². The molecule has 0 spiro atoms. The second-order valence-corrected chi connectivity index (χ2v) is 7.84. The van der Waals surface area contributed by atoms with E-state index in [0.717, 1.165) is 0 Å². The first-order valence-corrected chi connectivity index (χ1v) is 8.03. The van der Waals surface area contributed by atoms with E-state index in [1.54, 1.807) is 31.2 Å². The minimum atomic E-state index is -3.38. The maximum Gasteiger partial charge on any atom is 0.232 e. The SMILES string of the molecule is CC(O)c1ccccc1NS(=O)(=O)CCC(C)(C)C. The van der Waals surface area contributed by atoms with E-state index in [0.29, 0.717) is 17.7 Å². The number of hydrogen-bond acceptors (Lipinski definition) is 3. The van der Waals surface area contributed by atoms with Crippen LogP contribution in [0.15, 0.2) is 24.3 Å². The molecule has 108 valence electrons. The van der Waals surface area contributed by atoms with Crippen LogP contribution < -0.4 is 4.72 Å². The van der Waals surface area contributed by atoms with Crippen molar-refractivity contribution in [3.63, 3.8) is 0 Å². The molecule has 1 unspecified atom stereocenters. The van der Waals surface area contributed by atoms with E-state index >= 15 is 0 Å². The Bertz CT molecular complexity index is 516.